The Morgan fingerprint density at radius 1 is 1.05 bits per heavy atom. The topological polar surface area (TPSA) is 30.0 Å². The molecule has 2 nitrogen and oxygen atoms in total. The number of ketones is 1. The Morgan fingerprint density at radius 3 is 2.75 bits per heavy atom. The quantitative estimate of drug-likeness (QED) is 0.454. The molecule has 0 spiro atoms. The lowest BCUT2D eigenvalue weighted by Gasteiger charge is -2.16. The summed E-state index contributed by atoms with van der Waals surface area (Å²) in [7, 11) is 0. The van der Waals surface area contributed by atoms with Crippen LogP contribution in [0.5, 0.6) is 0 Å². The first kappa shape index (κ1) is 11.8. The Kier molecular flexibility index (Phi) is 2.51. The van der Waals surface area contributed by atoms with Crippen LogP contribution < -0.4 is 0 Å². The van der Waals surface area contributed by atoms with Crippen molar-refractivity contribution in [3.63, 3.8) is 0 Å². The van der Waals surface area contributed by atoms with Crippen LogP contribution in [0, 0.1) is 0 Å². The molecule has 20 heavy (non-hydrogen) atoms. The summed E-state index contributed by atoms with van der Waals surface area (Å²) in [6.45, 7) is 0. The Morgan fingerprint density at radius 2 is 1.85 bits per heavy atom. The van der Waals surface area contributed by atoms with E-state index in [1.807, 2.05) is 36.5 Å². The van der Waals surface area contributed by atoms with Gasteiger partial charge in [-0.25, -0.2) is 0 Å². The van der Waals surface area contributed by atoms with Gasteiger partial charge in [-0.15, -0.1) is 0 Å². The first-order valence-electron chi connectivity index (χ1n) is 6.42. The van der Waals surface area contributed by atoms with Crippen molar-refractivity contribution in [2.24, 2.45) is 0 Å². The number of carbonyl (C=O) groups excluding carboxylic acids is 1. The molecule has 0 saturated carbocycles. The summed E-state index contributed by atoms with van der Waals surface area (Å²) >= 11 is 3.41. The van der Waals surface area contributed by atoms with E-state index in [0.29, 0.717) is 0 Å². The number of nitrogens with zero attached hydrogens (tertiary/aromatic N) is 1. The fourth-order valence-electron chi connectivity index (χ4n) is 2.78. The number of aromatic nitrogens is 1. The van der Waals surface area contributed by atoms with Gasteiger partial charge in [-0.2, -0.15) is 0 Å². The SMILES string of the molecule is O=C1c2c(ncc3ccc4ccccc4c23)C=CC1Br. The number of halogens is 1. The fourth-order valence-corrected chi connectivity index (χ4v) is 3.16. The van der Waals surface area contributed by atoms with Crippen LogP contribution in [0.2, 0.25) is 0 Å². The van der Waals surface area contributed by atoms with E-state index in [0.717, 1.165) is 32.8 Å². The van der Waals surface area contributed by atoms with Gasteiger partial charge in [-0.3, -0.25) is 9.78 Å². The summed E-state index contributed by atoms with van der Waals surface area (Å²) in [4.78, 5) is 16.7. The summed E-state index contributed by atoms with van der Waals surface area (Å²) in [6, 6.07) is 12.2. The van der Waals surface area contributed by atoms with Gasteiger partial charge in [0.25, 0.3) is 0 Å². The van der Waals surface area contributed by atoms with Gasteiger partial charge in [0.2, 0.25) is 0 Å². The summed E-state index contributed by atoms with van der Waals surface area (Å²) in [6.07, 6.45) is 5.60. The molecule has 0 N–H and O–H groups in total. The van der Waals surface area contributed by atoms with E-state index in [4.69, 9.17) is 0 Å². The van der Waals surface area contributed by atoms with E-state index >= 15 is 0 Å². The monoisotopic (exact) mass is 323 g/mol. The Labute approximate surface area is 124 Å². The summed E-state index contributed by atoms with van der Waals surface area (Å²) in [5.41, 5.74) is 1.48. The average molecular weight is 324 g/mol. The van der Waals surface area contributed by atoms with Crippen LogP contribution in [0.25, 0.3) is 27.6 Å². The molecule has 0 saturated heterocycles. The van der Waals surface area contributed by atoms with Crippen molar-refractivity contribution in [2.45, 2.75) is 4.83 Å². The largest absolute Gasteiger partial charge is 0.292 e. The first-order chi connectivity index (χ1) is 9.75. The molecule has 4 rings (SSSR count). The third kappa shape index (κ3) is 1.56. The van der Waals surface area contributed by atoms with Gasteiger partial charge >= 0.3 is 0 Å². The maximum Gasteiger partial charge on any atom is 0.183 e. The van der Waals surface area contributed by atoms with Crippen molar-refractivity contribution in [3.05, 3.63) is 59.9 Å². The summed E-state index contributed by atoms with van der Waals surface area (Å²) in [5, 5.41) is 4.26. The molecule has 96 valence electrons. The lowest BCUT2D eigenvalue weighted by Crippen LogP contribution is -2.17. The molecule has 1 aliphatic carbocycles. The molecular formula is C17H10BrNO. The van der Waals surface area contributed by atoms with Crippen LogP contribution in [0.4, 0.5) is 0 Å². The number of rotatable bonds is 0. The van der Waals surface area contributed by atoms with E-state index in [2.05, 4.69) is 39.1 Å². The molecule has 0 radical (unpaired) electrons. The minimum absolute atomic E-state index is 0.0805. The highest BCUT2D eigenvalue weighted by Gasteiger charge is 2.25. The summed E-state index contributed by atoms with van der Waals surface area (Å²) < 4.78 is 0. The van der Waals surface area contributed by atoms with Gasteiger partial charge in [-0.05, 0) is 16.8 Å². The molecule has 1 unspecified atom stereocenters. The highest BCUT2D eigenvalue weighted by Crippen LogP contribution is 2.33. The molecule has 1 aromatic heterocycles. The molecule has 3 aromatic rings. The fraction of sp³-hybridized carbons (Fsp3) is 0.0588. The van der Waals surface area contributed by atoms with Crippen molar-refractivity contribution in [1.82, 2.24) is 4.98 Å². The van der Waals surface area contributed by atoms with E-state index in [1.165, 1.54) is 0 Å². The second-order valence-electron chi connectivity index (χ2n) is 4.89. The summed E-state index contributed by atoms with van der Waals surface area (Å²) in [5.74, 6) is 0.0805. The Hall–Kier alpha value is -2.00. The smallest absolute Gasteiger partial charge is 0.183 e. The average Bonchev–Trinajstić information content (AvgIpc) is 2.50. The number of hydrogen-bond acceptors (Lipinski definition) is 2. The predicted octanol–water partition coefficient (Wildman–Crippen LogP) is 4.36. The second-order valence-corrected chi connectivity index (χ2v) is 5.88. The van der Waals surface area contributed by atoms with Crippen LogP contribution in [0.1, 0.15) is 16.1 Å². The van der Waals surface area contributed by atoms with Gasteiger partial charge in [0.15, 0.2) is 5.78 Å². The molecular weight excluding hydrogens is 314 g/mol. The molecule has 1 atom stereocenters. The molecule has 0 amide bonds. The third-order valence-corrected chi connectivity index (χ3v) is 4.45. The zero-order valence-electron chi connectivity index (χ0n) is 10.5. The van der Waals surface area contributed by atoms with Gasteiger partial charge in [0, 0.05) is 17.0 Å². The van der Waals surface area contributed by atoms with Crippen LogP contribution >= 0.6 is 15.9 Å². The van der Waals surface area contributed by atoms with Crippen molar-refractivity contribution in [2.75, 3.05) is 0 Å². The van der Waals surface area contributed by atoms with E-state index in [1.54, 1.807) is 0 Å². The van der Waals surface area contributed by atoms with Crippen LogP contribution in [0.15, 0.2) is 48.7 Å². The lowest BCUT2D eigenvalue weighted by atomic mass is 9.92. The number of alkyl halides is 1. The van der Waals surface area contributed by atoms with Crippen molar-refractivity contribution in [3.8, 4) is 0 Å². The normalized spacial score (nSPS) is 17.6. The zero-order chi connectivity index (χ0) is 13.7. The maximum atomic E-state index is 12.5. The maximum absolute atomic E-state index is 12.5. The molecule has 1 heterocycles. The number of carbonyl (C=O) groups is 1. The molecule has 0 aliphatic heterocycles. The molecule has 2 aromatic carbocycles. The number of allylic oxidation sites excluding steroid dienone is 1. The predicted molar refractivity (Wildman–Crippen MR) is 85.3 cm³/mol. The Balaban J connectivity index is 2.25. The minimum atomic E-state index is -0.263. The number of Topliss-reactive ketones (excluding diaryl/α,β-unsaturated/α-hetero) is 1. The lowest BCUT2D eigenvalue weighted by molar-refractivity contribution is 0.100. The van der Waals surface area contributed by atoms with Gasteiger partial charge in [0.05, 0.1) is 16.1 Å². The van der Waals surface area contributed by atoms with E-state index in [9.17, 15) is 4.79 Å². The van der Waals surface area contributed by atoms with Crippen molar-refractivity contribution >= 4 is 49.3 Å². The van der Waals surface area contributed by atoms with Crippen molar-refractivity contribution < 1.29 is 4.79 Å². The molecule has 0 bridgehead atoms. The van der Waals surface area contributed by atoms with Gasteiger partial charge in [-0.1, -0.05) is 58.4 Å². The van der Waals surface area contributed by atoms with Crippen molar-refractivity contribution in [1.29, 1.82) is 0 Å². The van der Waals surface area contributed by atoms with Crippen LogP contribution in [-0.2, 0) is 0 Å². The highest BCUT2D eigenvalue weighted by atomic mass is 79.9. The number of benzene rings is 2. The van der Waals surface area contributed by atoms with Crippen LogP contribution in [0.3, 0.4) is 0 Å². The van der Waals surface area contributed by atoms with E-state index in [-0.39, 0.29) is 10.6 Å². The standard InChI is InChI=1S/C17H10BrNO/c18-13-7-8-14-16(17(13)20)15-11(9-19-14)6-5-10-3-1-2-4-12(10)15/h1-9,13H. The Bertz CT molecular complexity index is 898. The van der Waals surface area contributed by atoms with Gasteiger partial charge in [0.1, 0.15) is 0 Å². The second kappa shape index (κ2) is 4.25. The van der Waals surface area contributed by atoms with Crippen LogP contribution in [-0.4, -0.2) is 15.6 Å². The molecule has 1 aliphatic rings. The number of fused-ring (bicyclic) bond motifs is 5. The zero-order valence-corrected chi connectivity index (χ0v) is 12.1. The minimum Gasteiger partial charge on any atom is -0.292 e. The third-order valence-electron chi connectivity index (χ3n) is 3.73. The van der Waals surface area contributed by atoms with Gasteiger partial charge < -0.3 is 0 Å². The molecule has 0 fully saturated rings. The number of hydrogen-bond donors (Lipinski definition) is 0. The molecule has 3 heteroatoms. The highest BCUT2D eigenvalue weighted by molar-refractivity contribution is 9.10. The first-order valence-corrected chi connectivity index (χ1v) is 7.34. The number of pyridine rings is 1. The van der Waals surface area contributed by atoms with E-state index < -0.39 is 0 Å².